The number of carbonyl (C=O) groups excluding carboxylic acids is 2. The molecule has 1 heterocycles. The van der Waals surface area contributed by atoms with Gasteiger partial charge in [0.1, 0.15) is 11.7 Å². The van der Waals surface area contributed by atoms with E-state index in [2.05, 4.69) is 5.32 Å². The summed E-state index contributed by atoms with van der Waals surface area (Å²) in [7, 11) is 0. The zero-order chi connectivity index (χ0) is 17.1. The molecular weight excluding hydrogens is 307 g/mol. The zero-order valence-corrected chi connectivity index (χ0v) is 13.5. The van der Waals surface area contributed by atoms with Gasteiger partial charge in [-0.2, -0.15) is 0 Å². The standard InChI is InChI=1S/C19H19FN2O2/c1-13-4-2-3-5-14(13)12-21-18(23)17-10-11-22(19(17)24)16-8-6-15(20)7-9-16/h2-9,17H,10-12H2,1H3,(H,21,23)/t17-/m0/s1. The van der Waals surface area contributed by atoms with Gasteiger partial charge in [0.15, 0.2) is 0 Å². The van der Waals surface area contributed by atoms with Crippen LogP contribution in [0.15, 0.2) is 48.5 Å². The number of anilines is 1. The molecule has 0 bridgehead atoms. The van der Waals surface area contributed by atoms with Crippen molar-refractivity contribution in [2.24, 2.45) is 5.92 Å². The number of amides is 2. The van der Waals surface area contributed by atoms with Crippen molar-refractivity contribution in [2.75, 3.05) is 11.4 Å². The smallest absolute Gasteiger partial charge is 0.239 e. The number of nitrogens with zero attached hydrogens (tertiary/aromatic N) is 1. The minimum absolute atomic E-state index is 0.233. The maximum absolute atomic E-state index is 13.0. The van der Waals surface area contributed by atoms with Crippen LogP contribution in [0.3, 0.4) is 0 Å². The molecule has 0 radical (unpaired) electrons. The normalized spacial score (nSPS) is 17.2. The van der Waals surface area contributed by atoms with E-state index in [1.165, 1.54) is 17.0 Å². The summed E-state index contributed by atoms with van der Waals surface area (Å²) in [5, 5.41) is 2.85. The van der Waals surface area contributed by atoms with E-state index >= 15 is 0 Å². The van der Waals surface area contributed by atoms with E-state index in [0.717, 1.165) is 11.1 Å². The molecule has 1 fully saturated rings. The summed E-state index contributed by atoms with van der Waals surface area (Å²) in [5.41, 5.74) is 2.76. The molecule has 0 aromatic heterocycles. The Morgan fingerprint density at radius 2 is 1.92 bits per heavy atom. The van der Waals surface area contributed by atoms with Crippen molar-refractivity contribution in [3.8, 4) is 0 Å². The summed E-state index contributed by atoms with van der Waals surface area (Å²) < 4.78 is 13.0. The van der Waals surface area contributed by atoms with E-state index in [4.69, 9.17) is 0 Å². The lowest BCUT2D eigenvalue weighted by Gasteiger charge is -2.17. The Bertz CT molecular complexity index is 758. The predicted molar refractivity (Wildman–Crippen MR) is 89.9 cm³/mol. The van der Waals surface area contributed by atoms with Crippen molar-refractivity contribution in [1.82, 2.24) is 5.32 Å². The molecule has 3 rings (SSSR count). The van der Waals surface area contributed by atoms with Crippen LogP contribution in [-0.4, -0.2) is 18.4 Å². The summed E-state index contributed by atoms with van der Waals surface area (Å²) in [6.07, 6.45) is 0.468. The average molecular weight is 326 g/mol. The lowest BCUT2D eigenvalue weighted by Crippen LogP contribution is -2.36. The van der Waals surface area contributed by atoms with Crippen LogP contribution in [0.4, 0.5) is 10.1 Å². The van der Waals surface area contributed by atoms with Gasteiger partial charge < -0.3 is 10.2 Å². The molecule has 0 saturated carbocycles. The molecule has 1 N–H and O–H groups in total. The van der Waals surface area contributed by atoms with Crippen LogP contribution in [0, 0.1) is 18.7 Å². The van der Waals surface area contributed by atoms with Crippen LogP contribution in [0.1, 0.15) is 17.5 Å². The highest BCUT2D eigenvalue weighted by molar-refractivity contribution is 6.09. The fourth-order valence-corrected chi connectivity index (χ4v) is 2.91. The maximum Gasteiger partial charge on any atom is 0.239 e. The number of rotatable bonds is 4. The van der Waals surface area contributed by atoms with Crippen LogP contribution < -0.4 is 10.2 Å². The number of carbonyl (C=O) groups is 2. The topological polar surface area (TPSA) is 49.4 Å². The fourth-order valence-electron chi connectivity index (χ4n) is 2.91. The monoisotopic (exact) mass is 326 g/mol. The van der Waals surface area contributed by atoms with Gasteiger partial charge >= 0.3 is 0 Å². The summed E-state index contributed by atoms with van der Waals surface area (Å²) >= 11 is 0. The van der Waals surface area contributed by atoms with Crippen LogP contribution in [0.25, 0.3) is 0 Å². The highest BCUT2D eigenvalue weighted by atomic mass is 19.1. The van der Waals surface area contributed by atoms with Gasteiger partial charge in [0.05, 0.1) is 0 Å². The molecule has 1 aliphatic rings. The van der Waals surface area contributed by atoms with E-state index in [-0.39, 0.29) is 17.6 Å². The van der Waals surface area contributed by atoms with Crippen LogP contribution in [-0.2, 0) is 16.1 Å². The van der Waals surface area contributed by atoms with Crippen LogP contribution in [0.5, 0.6) is 0 Å². The summed E-state index contributed by atoms with van der Waals surface area (Å²) in [6.45, 7) is 2.86. The summed E-state index contributed by atoms with van der Waals surface area (Å²) in [5.74, 6) is -1.52. The first-order valence-electron chi connectivity index (χ1n) is 7.95. The SMILES string of the molecule is Cc1ccccc1CNC(=O)[C@@H]1CCN(c2ccc(F)cc2)C1=O. The number of hydrogen-bond acceptors (Lipinski definition) is 2. The molecule has 2 aromatic rings. The summed E-state index contributed by atoms with van der Waals surface area (Å²) in [6, 6.07) is 13.5. The Kier molecular flexibility index (Phi) is 4.60. The number of hydrogen-bond donors (Lipinski definition) is 1. The second-order valence-corrected chi connectivity index (χ2v) is 5.95. The fraction of sp³-hybridized carbons (Fsp3) is 0.263. The Morgan fingerprint density at radius 3 is 2.62 bits per heavy atom. The molecule has 1 aliphatic heterocycles. The lowest BCUT2D eigenvalue weighted by atomic mass is 10.1. The second-order valence-electron chi connectivity index (χ2n) is 5.95. The molecule has 1 saturated heterocycles. The molecule has 5 heteroatoms. The minimum Gasteiger partial charge on any atom is -0.351 e. The van der Waals surface area contributed by atoms with Gasteiger partial charge in [-0.25, -0.2) is 4.39 Å². The Balaban J connectivity index is 1.63. The number of benzene rings is 2. The number of aryl methyl sites for hydroxylation is 1. The van der Waals surface area contributed by atoms with Crippen LogP contribution in [0.2, 0.25) is 0 Å². The van der Waals surface area contributed by atoms with Crippen molar-refractivity contribution in [1.29, 1.82) is 0 Å². The average Bonchev–Trinajstić information content (AvgIpc) is 2.96. The molecule has 0 aliphatic carbocycles. The Hall–Kier alpha value is -2.69. The molecule has 4 nitrogen and oxygen atoms in total. The van der Waals surface area contributed by atoms with Crippen molar-refractivity contribution >= 4 is 17.5 Å². The highest BCUT2D eigenvalue weighted by Crippen LogP contribution is 2.25. The zero-order valence-electron chi connectivity index (χ0n) is 13.5. The van der Waals surface area contributed by atoms with Crippen molar-refractivity contribution in [2.45, 2.75) is 19.9 Å². The van der Waals surface area contributed by atoms with Crippen molar-refractivity contribution in [3.05, 3.63) is 65.5 Å². The third-order valence-electron chi connectivity index (χ3n) is 4.37. The first kappa shape index (κ1) is 16.2. The Labute approximate surface area is 140 Å². The van der Waals surface area contributed by atoms with E-state index in [9.17, 15) is 14.0 Å². The molecule has 0 unspecified atom stereocenters. The third kappa shape index (κ3) is 3.30. The van der Waals surface area contributed by atoms with Gasteiger partial charge in [-0.05, 0) is 48.7 Å². The largest absolute Gasteiger partial charge is 0.351 e. The van der Waals surface area contributed by atoms with E-state index in [0.29, 0.717) is 25.2 Å². The molecule has 24 heavy (non-hydrogen) atoms. The number of halogens is 1. The van der Waals surface area contributed by atoms with Gasteiger partial charge in [-0.1, -0.05) is 24.3 Å². The maximum atomic E-state index is 13.0. The Morgan fingerprint density at radius 1 is 1.21 bits per heavy atom. The molecule has 2 amide bonds. The van der Waals surface area contributed by atoms with Gasteiger partial charge in [-0.15, -0.1) is 0 Å². The van der Waals surface area contributed by atoms with Crippen molar-refractivity contribution in [3.63, 3.8) is 0 Å². The third-order valence-corrected chi connectivity index (χ3v) is 4.37. The van der Waals surface area contributed by atoms with Gasteiger partial charge in [0, 0.05) is 18.8 Å². The quantitative estimate of drug-likeness (QED) is 0.879. The lowest BCUT2D eigenvalue weighted by molar-refractivity contribution is -0.132. The summed E-state index contributed by atoms with van der Waals surface area (Å²) in [4.78, 5) is 26.4. The molecule has 0 spiro atoms. The minimum atomic E-state index is -0.681. The van der Waals surface area contributed by atoms with Gasteiger partial charge in [-0.3, -0.25) is 9.59 Å². The van der Waals surface area contributed by atoms with Crippen LogP contribution >= 0.6 is 0 Å². The molecule has 124 valence electrons. The van der Waals surface area contributed by atoms with E-state index in [1.807, 2.05) is 31.2 Å². The first-order chi connectivity index (χ1) is 11.6. The molecule has 2 aromatic carbocycles. The second kappa shape index (κ2) is 6.83. The highest BCUT2D eigenvalue weighted by Gasteiger charge is 2.37. The predicted octanol–water partition coefficient (Wildman–Crippen LogP) is 2.80. The first-order valence-corrected chi connectivity index (χ1v) is 7.95. The molecule has 1 atom stereocenters. The van der Waals surface area contributed by atoms with Gasteiger partial charge in [0.25, 0.3) is 0 Å². The van der Waals surface area contributed by atoms with Gasteiger partial charge in [0.2, 0.25) is 11.8 Å². The number of nitrogens with one attached hydrogen (secondary N) is 1. The molecular formula is C19H19FN2O2. The van der Waals surface area contributed by atoms with E-state index < -0.39 is 5.92 Å². The van der Waals surface area contributed by atoms with Crippen molar-refractivity contribution < 1.29 is 14.0 Å². The van der Waals surface area contributed by atoms with E-state index in [1.54, 1.807) is 12.1 Å².